The molecule has 0 bridgehead atoms. The second kappa shape index (κ2) is 5.94. The monoisotopic (exact) mass is 347 g/mol. The lowest BCUT2D eigenvalue weighted by Crippen LogP contribution is -2.13. The van der Waals surface area contributed by atoms with Crippen molar-refractivity contribution in [1.29, 1.82) is 0 Å². The molecule has 0 aliphatic heterocycles. The molecule has 0 fully saturated rings. The van der Waals surface area contributed by atoms with Crippen molar-refractivity contribution in [1.82, 2.24) is 4.57 Å². The predicted octanol–water partition coefficient (Wildman–Crippen LogP) is 3.54. The first kappa shape index (κ1) is 15.4. The minimum Gasteiger partial charge on any atom is -0.318 e. The second-order valence-corrected chi connectivity index (χ2v) is 6.17. The highest BCUT2D eigenvalue weighted by Crippen LogP contribution is 2.24. The number of hydrogen-bond donors (Lipinski definition) is 0. The van der Waals surface area contributed by atoms with Crippen LogP contribution in [0.25, 0.3) is 10.2 Å². The number of carbonyl (C=O) groups excluding carboxylic acids is 1. The van der Waals surface area contributed by atoms with E-state index in [1.807, 2.05) is 12.1 Å². The van der Waals surface area contributed by atoms with Gasteiger partial charge in [0.05, 0.1) is 20.2 Å². The molecule has 0 atom stereocenters. The number of thiazole rings is 1. The average Bonchev–Trinajstić information content (AvgIpc) is 2.85. The van der Waals surface area contributed by atoms with Crippen LogP contribution in [0.3, 0.4) is 0 Å². The Morgan fingerprint density at radius 1 is 1.30 bits per heavy atom. The van der Waals surface area contributed by atoms with Crippen LogP contribution in [0.4, 0.5) is 5.69 Å². The molecule has 0 N–H and O–H groups in total. The molecular weight excluding hydrogens is 338 g/mol. The van der Waals surface area contributed by atoms with Gasteiger partial charge in [-0.1, -0.05) is 35.1 Å². The normalized spacial score (nSPS) is 11.8. The number of benzene rings is 2. The molecule has 23 heavy (non-hydrogen) atoms. The van der Waals surface area contributed by atoms with E-state index in [1.54, 1.807) is 17.7 Å². The van der Waals surface area contributed by atoms with E-state index in [0.717, 1.165) is 10.2 Å². The zero-order valence-corrected chi connectivity index (χ0v) is 13.5. The second-order valence-electron chi connectivity index (χ2n) is 4.75. The Labute approximate surface area is 139 Å². The fourth-order valence-electron chi connectivity index (χ4n) is 2.17. The first-order chi connectivity index (χ1) is 11.0. The lowest BCUT2D eigenvalue weighted by molar-refractivity contribution is -0.384. The highest BCUT2D eigenvalue weighted by atomic mass is 35.5. The van der Waals surface area contributed by atoms with Crippen LogP contribution in [0.5, 0.6) is 0 Å². The van der Waals surface area contributed by atoms with E-state index in [1.165, 1.54) is 35.6 Å². The molecule has 6 nitrogen and oxygen atoms in total. The lowest BCUT2D eigenvalue weighted by Gasteiger charge is -1.98. The maximum Gasteiger partial charge on any atom is 0.279 e. The first-order valence-electron chi connectivity index (χ1n) is 6.55. The molecule has 0 aliphatic rings. The van der Waals surface area contributed by atoms with E-state index < -0.39 is 10.8 Å². The Morgan fingerprint density at radius 3 is 2.74 bits per heavy atom. The van der Waals surface area contributed by atoms with Gasteiger partial charge < -0.3 is 4.57 Å². The Balaban J connectivity index is 2.10. The van der Waals surface area contributed by atoms with Crippen molar-refractivity contribution in [2.45, 2.75) is 0 Å². The van der Waals surface area contributed by atoms with Gasteiger partial charge in [0.15, 0.2) is 4.80 Å². The van der Waals surface area contributed by atoms with E-state index in [2.05, 4.69) is 4.99 Å². The molecule has 8 heteroatoms. The molecule has 1 aromatic heterocycles. The standard InChI is InChI=1S/C15H10ClN3O3S/c1-18-13-11(16)6-3-7-12(13)23-15(18)17-14(20)9-4-2-5-10(8-9)19(21)22/h2-8H,1H3. The summed E-state index contributed by atoms with van der Waals surface area (Å²) < 4.78 is 2.64. The lowest BCUT2D eigenvalue weighted by atomic mass is 10.2. The number of nitrogens with zero attached hydrogens (tertiary/aromatic N) is 3. The number of para-hydroxylation sites is 1. The number of nitro groups is 1. The largest absolute Gasteiger partial charge is 0.318 e. The number of hydrogen-bond acceptors (Lipinski definition) is 4. The summed E-state index contributed by atoms with van der Waals surface area (Å²) in [5, 5.41) is 11.4. The smallest absolute Gasteiger partial charge is 0.279 e. The van der Waals surface area contributed by atoms with Crippen LogP contribution in [0.2, 0.25) is 5.02 Å². The quantitative estimate of drug-likeness (QED) is 0.525. The fourth-order valence-corrected chi connectivity index (χ4v) is 3.57. The van der Waals surface area contributed by atoms with Crippen LogP contribution in [0.1, 0.15) is 10.4 Å². The zero-order chi connectivity index (χ0) is 16.6. The SMILES string of the molecule is Cn1c(=NC(=O)c2cccc([N+](=O)[O-])c2)sc2cccc(Cl)c21. The van der Waals surface area contributed by atoms with Gasteiger partial charge in [-0.05, 0) is 18.2 Å². The van der Waals surface area contributed by atoms with Crippen LogP contribution < -0.4 is 4.80 Å². The average molecular weight is 348 g/mol. The van der Waals surface area contributed by atoms with Crippen molar-refractivity contribution in [3.63, 3.8) is 0 Å². The summed E-state index contributed by atoms with van der Waals surface area (Å²) in [5.74, 6) is -0.535. The first-order valence-corrected chi connectivity index (χ1v) is 7.74. The summed E-state index contributed by atoms with van der Waals surface area (Å²) in [6, 6.07) is 11.0. The summed E-state index contributed by atoms with van der Waals surface area (Å²) in [4.78, 5) is 27.1. The topological polar surface area (TPSA) is 77.5 Å². The molecule has 0 radical (unpaired) electrons. The molecule has 116 valence electrons. The van der Waals surface area contributed by atoms with Gasteiger partial charge in [-0.2, -0.15) is 4.99 Å². The van der Waals surface area contributed by atoms with E-state index >= 15 is 0 Å². The van der Waals surface area contributed by atoms with E-state index in [0.29, 0.717) is 9.82 Å². The van der Waals surface area contributed by atoms with Gasteiger partial charge in [0, 0.05) is 24.7 Å². The minimum absolute atomic E-state index is 0.144. The molecule has 1 amide bonds. The van der Waals surface area contributed by atoms with E-state index in [4.69, 9.17) is 11.6 Å². The maximum absolute atomic E-state index is 12.3. The summed E-state index contributed by atoms with van der Waals surface area (Å²) >= 11 is 7.50. The van der Waals surface area contributed by atoms with Crippen LogP contribution in [0.15, 0.2) is 47.5 Å². The Kier molecular flexibility index (Phi) is 3.97. The highest BCUT2D eigenvalue weighted by molar-refractivity contribution is 7.16. The number of carbonyl (C=O) groups is 1. The van der Waals surface area contributed by atoms with Crippen LogP contribution >= 0.6 is 22.9 Å². The Morgan fingerprint density at radius 2 is 2.04 bits per heavy atom. The number of nitro benzene ring substituents is 1. The van der Waals surface area contributed by atoms with Crippen molar-refractivity contribution in [2.75, 3.05) is 0 Å². The van der Waals surface area contributed by atoms with Crippen molar-refractivity contribution in [2.24, 2.45) is 12.0 Å². The number of aromatic nitrogens is 1. The van der Waals surface area contributed by atoms with Gasteiger partial charge in [0.25, 0.3) is 11.6 Å². The van der Waals surface area contributed by atoms with Crippen LogP contribution in [0, 0.1) is 10.1 Å². The van der Waals surface area contributed by atoms with Crippen molar-refractivity contribution in [3.8, 4) is 0 Å². The van der Waals surface area contributed by atoms with Crippen LogP contribution in [-0.2, 0) is 7.05 Å². The molecule has 0 aliphatic carbocycles. The van der Waals surface area contributed by atoms with Gasteiger partial charge in [-0.25, -0.2) is 0 Å². The number of amides is 1. The number of rotatable bonds is 2. The zero-order valence-electron chi connectivity index (χ0n) is 11.9. The van der Waals surface area contributed by atoms with E-state index in [9.17, 15) is 14.9 Å². The molecule has 3 rings (SSSR count). The van der Waals surface area contributed by atoms with Crippen molar-refractivity contribution >= 4 is 44.7 Å². The molecule has 0 saturated heterocycles. The third-order valence-electron chi connectivity index (χ3n) is 3.27. The van der Waals surface area contributed by atoms with Gasteiger partial charge >= 0.3 is 0 Å². The third kappa shape index (κ3) is 2.88. The number of halogens is 1. The predicted molar refractivity (Wildman–Crippen MR) is 88.8 cm³/mol. The Bertz CT molecular complexity index is 1010. The number of fused-ring (bicyclic) bond motifs is 1. The van der Waals surface area contributed by atoms with E-state index in [-0.39, 0.29) is 11.3 Å². The molecule has 2 aromatic carbocycles. The van der Waals surface area contributed by atoms with Crippen molar-refractivity contribution in [3.05, 3.63) is 68.0 Å². The molecular formula is C15H10ClN3O3S. The molecule has 0 saturated carbocycles. The fraction of sp³-hybridized carbons (Fsp3) is 0.0667. The van der Waals surface area contributed by atoms with Gasteiger partial charge in [0.1, 0.15) is 0 Å². The maximum atomic E-state index is 12.3. The Hall–Kier alpha value is -2.51. The summed E-state index contributed by atoms with van der Waals surface area (Å²) in [5.41, 5.74) is 0.822. The number of aryl methyl sites for hydroxylation is 1. The molecule has 0 unspecified atom stereocenters. The van der Waals surface area contributed by atoms with Gasteiger partial charge in [-0.3, -0.25) is 14.9 Å². The summed E-state index contributed by atoms with van der Waals surface area (Å²) in [7, 11) is 1.77. The number of non-ortho nitro benzene ring substituents is 1. The minimum atomic E-state index is -0.546. The molecule has 1 heterocycles. The summed E-state index contributed by atoms with van der Waals surface area (Å²) in [6.45, 7) is 0. The highest BCUT2D eigenvalue weighted by Gasteiger charge is 2.12. The summed E-state index contributed by atoms with van der Waals surface area (Å²) in [6.07, 6.45) is 0. The van der Waals surface area contributed by atoms with Crippen molar-refractivity contribution < 1.29 is 9.72 Å². The third-order valence-corrected chi connectivity index (χ3v) is 4.68. The van der Waals surface area contributed by atoms with Gasteiger partial charge in [-0.15, -0.1) is 0 Å². The van der Waals surface area contributed by atoms with Gasteiger partial charge in [0.2, 0.25) is 0 Å². The van der Waals surface area contributed by atoms with Crippen LogP contribution in [-0.4, -0.2) is 15.4 Å². The molecule has 3 aromatic rings. The molecule has 0 spiro atoms.